The molecule has 7 heteroatoms. The van der Waals surface area contributed by atoms with Crippen LogP contribution in [0.4, 0.5) is 8.78 Å². The normalized spacial score (nSPS) is 12.5. The highest BCUT2D eigenvalue weighted by molar-refractivity contribution is 7.15. The van der Waals surface area contributed by atoms with Crippen LogP contribution in [0.3, 0.4) is 0 Å². The molecule has 0 saturated carbocycles. The van der Waals surface area contributed by atoms with Crippen molar-refractivity contribution in [3.63, 3.8) is 0 Å². The highest BCUT2D eigenvalue weighted by Crippen LogP contribution is 2.09. The lowest BCUT2D eigenvalue weighted by Gasteiger charge is -1.91. The van der Waals surface area contributed by atoms with Gasteiger partial charge in [0, 0.05) is 0 Å². The fourth-order valence-electron chi connectivity index (χ4n) is 2.41. The van der Waals surface area contributed by atoms with Crippen LogP contribution in [0.25, 0.3) is 23.2 Å². The van der Waals surface area contributed by atoms with Crippen molar-refractivity contribution >= 4 is 34.5 Å². The van der Waals surface area contributed by atoms with E-state index in [1.807, 2.05) is 0 Å². The van der Waals surface area contributed by atoms with E-state index in [0.29, 0.717) is 20.9 Å². The standard InChI is InChI=1S/C19H11F2N3OS/c20-14-7-4-12(5-8-14)6-9-17-22-19-24(23-17)18(25)16(26-19)11-13-2-1-3-15(21)10-13/h1-11H/b9-6+,16-11+. The third-order valence-electron chi connectivity index (χ3n) is 3.64. The molecule has 2 aromatic carbocycles. The van der Waals surface area contributed by atoms with Crippen LogP contribution in [0, 0.1) is 11.6 Å². The maximum atomic E-state index is 13.3. The lowest BCUT2D eigenvalue weighted by Crippen LogP contribution is -2.23. The van der Waals surface area contributed by atoms with E-state index in [0.717, 1.165) is 5.56 Å². The third kappa shape index (κ3) is 3.29. The number of aromatic nitrogens is 3. The summed E-state index contributed by atoms with van der Waals surface area (Å²) in [6, 6.07) is 12.0. The van der Waals surface area contributed by atoms with Gasteiger partial charge in [-0.2, -0.15) is 9.50 Å². The van der Waals surface area contributed by atoms with Gasteiger partial charge in [-0.25, -0.2) is 8.78 Å². The Morgan fingerprint density at radius 3 is 2.50 bits per heavy atom. The summed E-state index contributed by atoms with van der Waals surface area (Å²) < 4.78 is 27.8. The van der Waals surface area contributed by atoms with Crippen LogP contribution in [-0.2, 0) is 0 Å². The average molecular weight is 367 g/mol. The van der Waals surface area contributed by atoms with Crippen LogP contribution >= 0.6 is 11.3 Å². The van der Waals surface area contributed by atoms with Crippen LogP contribution in [0.2, 0.25) is 0 Å². The summed E-state index contributed by atoms with van der Waals surface area (Å²) in [4.78, 5) is 17.2. The number of benzene rings is 2. The summed E-state index contributed by atoms with van der Waals surface area (Å²) in [6.45, 7) is 0. The SMILES string of the molecule is O=c1/c(=C\c2cccc(F)c2)sc2nc(/C=C/c3ccc(F)cc3)nn12. The first-order chi connectivity index (χ1) is 12.6. The van der Waals surface area contributed by atoms with E-state index in [2.05, 4.69) is 10.1 Å². The molecule has 4 nitrogen and oxygen atoms in total. The molecular formula is C19H11F2N3OS. The lowest BCUT2D eigenvalue weighted by molar-refractivity contribution is 0.627. The average Bonchev–Trinajstić information content (AvgIpc) is 3.14. The molecule has 0 aliphatic carbocycles. The van der Waals surface area contributed by atoms with E-state index < -0.39 is 0 Å². The van der Waals surface area contributed by atoms with Crippen molar-refractivity contribution in [2.75, 3.05) is 0 Å². The van der Waals surface area contributed by atoms with Gasteiger partial charge < -0.3 is 0 Å². The predicted molar refractivity (Wildman–Crippen MR) is 97.6 cm³/mol. The molecule has 0 fully saturated rings. The molecule has 0 amide bonds. The zero-order chi connectivity index (χ0) is 18.1. The summed E-state index contributed by atoms with van der Waals surface area (Å²) in [7, 11) is 0. The second kappa shape index (κ2) is 6.61. The molecule has 128 valence electrons. The molecular weight excluding hydrogens is 356 g/mol. The fourth-order valence-corrected chi connectivity index (χ4v) is 3.33. The summed E-state index contributed by atoms with van der Waals surface area (Å²) in [5, 5.41) is 4.17. The first kappa shape index (κ1) is 16.3. The fraction of sp³-hybridized carbons (Fsp3) is 0. The van der Waals surface area contributed by atoms with Crippen molar-refractivity contribution < 1.29 is 8.78 Å². The van der Waals surface area contributed by atoms with Crippen molar-refractivity contribution in [3.05, 3.63) is 92.0 Å². The van der Waals surface area contributed by atoms with Crippen LogP contribution in [-0.4, -0.2) is 14.6 Å². The van der Waals surface area contributed by atoms with Crippen LogP contribution < -0.4 is 10.1 Å². The van der Waals surface area contributed by atoms with E-state index in [9.17, 15) is 13.6 Å². The molecule has 0 aliphatic heterocycles. The van der Waals surface area contributed by atoms with E-state index in [4.69, 9.17) is 0 Å². The zero-order valence-corrected chi connectivity index (χ0v) is 14.1. The van der Waals surface area contributed by atoms with E-state index in [1.165, 1.54) is 40.1 Å². The zero-order valence-electron chi connectivity index (χ0n) is 13.3. The molecule has 4 aromatic rings. The molecule has 0 radical (unpaired) electrons. The Morgan fingerprint density at radius 2 is 1.77 bits per heavy atom. The van der Waals surface area contributed by atoms with Crippen LogP contribution in [0.15, 0.2) is 53.3 Å². The smallest absolute Gasteiger partial charge is 0.266 e. The molecule has 0 bridgehead atoms. The molecule has 26 heavy (non-hydrogen) atoms. The molecule has 0 unspecified atom stereocenters. The number of thiazole rings is 1. The second-order valence-corrected chi connectivity index (χ2v) is 6.53. The van der Waals surface area contributed by atoms with E-state index in [1.54, 1.807) is 42.5 Å². The number of hydrogen-bond donors (Lipinski definition) is 0. The summed E-state index contributed by atoms with van der Waals surface area (Å²) >= 11 is 1.18. The van der Waals surface area contributed by atoms with Gasteiger partial charge in [0.1, 0.15) is 11.6 Å². The van der Waals surface area contributed by atoms with Gasteiger partial charge in [0.15, 0.2) is 5.82 Å². The molecule has 2 aromatic heterocycles. The van der Waals surface area contributed by atoms with Gasteiger partial charge >= 0.3 is 0 Å². The van der Waals surface area contributed by atoms with Gasteiger partial charge in [-0.1, -0.05) is 41.7 Å². The van der Waals surface area contributed by atoms with E-state index >= 15 is 0 Å². The topological polar surface area (TPSA) is 47.3 Å². The molecule has 0 atom stereocenters. The van der Waals surface area contributed by atoms with Crippen LogP contribution in [0.5, 0.6) is 0 Å². The highest BCUT2D eigenvalue weighted by atomic mass is 32.1. The lowest BCUT2D eigenvalue weighted by atomic mass is 10.2. The Labute approximate surface area is 150 Å². The van der Waals surface area contributed by atoms with Gasteiger partial charge in [0.2, 0.25) is 4.96 Å². The summed E-state index contributed by atoms with van der Waals surface area (Å²) in [5.41, 5.74) is 1.10. The Morgan fingerprint density at radius 1 is 0.962 bits per heavy atom. The second-order valence-electron chi connectivity index (χ2n) is 5.52. The van der Waals surface area contributed by atoms with Crippen LogP contribution in [0.1, 0.15) is 17.0 Å². The molecule has 4 rings (SSSR count). The van der Waals surface area contributed by atoms with E-state index in [-0.39, 0.29) is 17.2 Å². The molecule has 0 N–H and O–H groups in total. The minimum atomic E-state index is -0.362. The minimum Gasteiger partial charge on any atom is -0.266 e. The first-order valence-electron chi connectivity index (χ1n) is 7.69. The van der Waals surface area contributed by atoms with Crippen molar-refractivity contribution in [1.82, 2.24) is 14.6 Å². The molecule has 0 aliphatic rings. The maximum Gasteiger partial charge on any atom is 0.291 e. The first-order valence-corrected chi connectivity index (χ1v) is 8.51. The number of fused-ring (bicyclic) bond motifs is 1. The van der Waals surface area contributed by atoms with Crippen molar-refractivity contribution in [2.45, 2.75) is 0 Å². The largest absolute Gasteiger partial charge is 0.291 e. The third-order valence-corrected chi connectivity index (χ3v) is 4.60. The Bertz CT molecular complexity index is 1230. The van der Waals surface area contributed by atoms with Gasteiger partial charge in [-0.3, -0.25) is 4.79 Å². The number of hydrogen-bond acceptors (Lipinski definition) is 4. The Hall–Kier alpha value is -3.19. The molecule has 0 spiro atoms. The number of nitrogens with zero attached hydrogens (tertiary/aromatic N) is 3. The quantitative estimate of drug-likeness (QED) is 0.559. The molecule has 0 saturated heterocycles. The van der Waals surface area contributed by atoms with Crippen molar-refractivity contribution in [1.29, 1.82) is 0 Å². The Balaban J connectivity index is 1.67. The van der Waals surface area contributed by atoms with Gasteiger partial charge in [0.05, 0.1) is 4.53 Å². The number of rotatable bonds is 3. The Kier molecular flexibility index (Phi) is 4.14. The van der Waals surface area contributed by atoms with Crippen molar-refractivity contribution in [3.8, 4) is 0 Å². The summed E-state index contributed by atoms with van der Waals surface area (Å²) in [6.07, 6.45) is 5.01. The summed E-state index contributed by atoms with van der Waals surface area (Å²) in [5.74, 6) is -0.283. The predicted octanol–water partition coefficient (Wildman–Crippen LogP) is 3.15. The highest BCUT2D eigenvalue weighted by Gasteiger charge is 2.08. The van der Waals surface area contributed by atoms with Crippen molar-refractivity contribution in [2.24, 2.45) is 0 Å². The van der Waals surface area contributed by atoms with Gasteiger partial charge in [0.25, 0.3) is 5.56 Å². The number of halogens is 2. The van der Waals surface area contributed by atoms with Gasteiger partial charge in [-0.15, -0.1) is 5.10 Å². The molecule has 2 heterocycles. The van der Waals surface area contributed by atoms with Gasteiger partial charge in [-0.05, 0) is 47.5 Å². The maximum absolute atomic E-state index is 13.3. The minimum absolute atomic E-state index is 0.303. The monoisotopic (exact) mass is 367 g/mol.